The molecule has 0 saturated heterocycles. The van der Waals surface area contributed by atoms with Crippen LogP contribution in [0, 0.1) is 0 Å². The zero-order valence-corrected chi connectivity index (χ0v) is 14.1. The minimum Gasteiger partial charge on any atom is -0.349 e. The zero-order chi connectivity index (χ0) is 15.9. The molecule has 3 nitrogen and oxygen atoms in total. The third-order valence-electron chi connectivity index (χ3n) is 4.12. The molecule has 1 aromatic carbocycles. The topological polar surface area (TPSA) is 32.3 Å². The highest BCUT2D eigenvalue weighted by atomic mass is 16.1. The van der Waals surface area contributed by atoms with Crippen molar-refractivity contribution in [2.45, 2.75) is 45.6 Å². The summed E-state index contributed by atoms with van der Waals surface area (Å²) in [5.41, 5.74) is 3.48. The van der Waals surface area contributed by atoms with Crippen LogP contribution in [0.1, 0.15) is 49.0 Å². The van der Waals surface area contributed by atoms with Gasteiger partial charge in [-0.25, -0.2) is 0 Å². The van der Waals surface area contributed by atoms with Crippen LogP contribution in [0.3, 0.4) is 0 Å². The van der Waals surface area contributed by atoms with E-state index in [0.29, 0.717) is 0 Å². The lowest BCUT2D eigenvalue weighted by atomic mass is 10.0. The molecule has 0 fully saturated rings. The van der Waals surface area contributed by atoms with Crippen molar-refractivity contribution >= 4 is 5.91 Å². The van der Waals surface area contributed by atoms with Crippen molar-refractivity contribution < 1.29 is 4.79 Å². The van der Waals surface area contributed by atoms with Crippen molar-refractivity contribution in [3.8, 4) is 0 Å². The van der Waals surface area contributed by atoms with Crippen molar-refractivity contribution in [3.63, 3.8) is 0 Å². The SMILES string of the molecule is CCCc1ccc(C(=O)N[C@H](C)CC2=CCCN(C)C2)cc1. The van der Waals surface area contributed by atoms with E-state index in [-0.39, 0.29) is 11.9 Å². The van der Waals surface area contributed by atoms with E-state index < -0.39 is 0 Å². The second kappa shape index (κ2) is 8.14. The molecule has 1 aromatic rings. The van der Waals surface area contributed by atoms with Crippen LogP contribution in [0.5, 0.6) is 0 Å². The Morgan fingerprint density at radius 3 is 2.68 bits per heavy atom. The molecule has 22 heavy (non-hydrogen) atoms. The molecule has 1 N–H and O–H groups in total. The predicted molar refractivity (Wildman–Crippen MR) is 92.2 cm³/mol. The summed E-state index contributed by atoms with van der Waals surface area (Å²) in [4.78, 5) is 14.6. The molecule has 0 bridgehead atoms. The number of hydrogen-bond donors (Lipinski definition) is 1. The quantitative estimate of drug-likeness (QED) is 0.817. The molecule has 0 spiro atoms. The maximum atomic E-state index is 12.3. The number of carbonyl (C=O) groups is 1. The molecule has 0 unspecified atom stereocenters. The van der Waals surface area contributed by atoms with Crippen molar-refractivity contribution in [2.24, 2.45) is 0 Å². The minimum absolute atomic E-state index is 0.0281. The molecule has 1 amide bonds. The first kappa shape index (κ1) is 16.8. The summed E-state index contributed by atoms with van der Waals surface area (Å²) in [6.07, 6.45) is 6.57. The van der Waals surface area contributed by atoms with E-state index in [1.54, 1.807) is 0 Å². The molecule has 3 heteroatoms. The number of aryl methyl sites for hydroxylation is 1. The van der Waals surface area contributed by atoms with Crippen LogP contribution in [0.4, 0.5) is 0 Å². The molecule has 0 aliphatic carbocycles. The van der Waals surface area contributed by atoms with Gasteiger partial charge in [0.25, 0.3) is 5.91 Å². The number of hydrogen-bond acceptors (Lipinski definition) is 2. The number of amides is 1. The summed E-state index contributed by atoms with van der Waals surface area (Å²) in [5.74, 6) is 0.0281. The molecular formula is C19H28N2O. The summed E-state index contributed by atoms with van der Waals surface area (Å²) in [7, 11) is 2.15. The van der Waals surface area contributed by atoms with Crippen molar-refractivity contribution in [1.82, 2.24) is 10.2 Å². The summed E-state index contributed by atoms with van der Waals surface area (Å²) < 4.78 is 0. The standard InChI is InChI=1S/C19H28N2O/c1-4-6-16-8-10-18(11-9-16)19(22)20-15(2)13-17-7-5-12-21(3)14-17/h7-11,15H,4-6,12-14H2,1-3H3,(H,20,22)/t15-/m1/s1. The Balaban J connectivity index is 1.86. The average molecular weight is 300 g/mol. The van der Waals surface area contributed by atoms with E-state index in [9.17, 15) is 4.79 Å². The molecule has 1 heterocycles. The average Bonchev–Trinajstić information content (AvgIpc) is 2.48. The second-order valence-corrected chi connectivity index (χ2v) is 6.41. The van der Waals surface area contributed by atoms with Gasteiger partial charge >= 0.3 is 0 Å². The second-order valence-electron chi connectivity index (χ2n) is 6.41. The van der Waals surface area contributed by atoms with Gasteiger partial charge in [0.05, 0.1) is 0 Å². The fourth-order valence-electron chi connectivity index (χ4n) is 2.99. The first-order valence-electron chi connectivity index (χ1n) is 8.34. The normalized spacial score (nSPS) is 17.0. The molecule has 1 atom stereocenters. The predicted octanol–water partition coefficient (Wildman–Crippen LogP) is 3.41. The van der Waals surface area contributed by atoms with Crippen LogP contribution >= 0.6 is 0 Å². The maximum absolute atomic E-state index is 12.3. The fraction of sp³-hybridized carbons (Fsp3) is 0.526. The van der Waals surface area contributed by atoms with Gasteiger partial charge in [-0.15, -0.1) is 0 Å². The Bertz CT molecular complexity index is 519. The van der Waals surface area contributed by atoms with E-state index in [0.717, 1.165) is 44.3 Å². The Kier molecular flexibility index (Phi) is 6.20. The number of benzene rings is 1. The number of nitrogens with zero attached hydrogens (tertiary/aromatic N) is 1. The molecule has 1 aliphatic heterocycles. The number of likely N-dealkylation sites (N-methyl/N-ethyl adjacent to an activating group) is 1. The summed E-state index contributed by atoms with van der Waals surface area (Å²) in [6, 6.07) is 8.14. The van der Waals surface area contributed by atoms with Crippen LogP contribution < -0.4 is 5.32 Å². The van der Waals surface area contributed by atoms with Crippen molar-refractivity contribution in [3.05, 3.63) is 47.0 Å². The van der Waals surface area contributed by atoms with Crippen LogP contribution in [0.2, 0.25) is 0 Å². The van der Waals surface area contributed by atoms with Gasteiger partial charge in [0.15, 0.2) is 0 Å². The Morgan fingerprint density at radius 1 is 1.32 bits per heavy atom. The van der Waals surface area contributed by atoms with Crippen molar-refractivity contribution in [1.29, 1.82) is 0 Å². The molecule has 2 rings (SSSR count). The van der Waals surface area contributed by atoms with Gasteiger partial charge < -0.3 is 10.2 Å². The number of carbonyl (C=O) groups excluding carboxylic acids is 1. The van der Waals surface area contributed by atoms with E-state index in [1.807, 2.05) is 12.1 Å². The Morgan fingerprint density at radius 2 is 2.05 bits per heavy atom. The van der Waals surface area contributed by atoms with E-state index in [2.05, 4.69) is 49.3 Å². The first-order valence-corrected chi connectivity index (χ1v) is 8.34. The van der Waals surface area contributed by atoms with Crippen LogP contribution in [0.25, 0.3) is 0 Å². The van der Waals surface area contributed by atoms with Gasteiger partial charge in [0, 0.05) is 24.7 Å². The highest BCUT2D eigenvalue weighted by molar-refractivity contribution is 5.94. The minimum atomic E-state index is 0.0281. The van der Waals surface area contributed by atoms with Crippen LogP contribution in [-0.2, 0) is 6.42 Å². The van der Waals surface area contributed by atoms with Gasteiger partial charge in [0.2, 0.25) is 0 Å². The molecule has 1 aliphatic rings. The van der Waals surface area contributed by atoms with Crippen LogP contribution in [0.15, 0.2) is 35.9 Å². The highest BCUT2D eigenvalue weighted by Gasteiger charge is 2.14. The van der Waals surface area contributed by atoms with E-state index in [4.69, 9.17) is 0 Å². The van der Waals surface area contributed by atoms with E-state index in [1.165, 1.54) is 11.1 Å². The number of rotatable bonds is 6. The first-order chi connectivity index (χ1) is 10.6. The van der Waals surface area contributed by atoms with Gasteiger partial charge in [-0.2, -0.15) is 0 Å². The van der Waals surface area contributed by atoms with Crippen LogP contribution in [-0.4, -0.2) is 37.0 Å². The molecule has 120 valence electrons. The fourth-order valence-corrected chi connectivity index (χ4v) is 2.99. The van der Waals surface area contributed by atoms with E-state index >= 15 is 0 Å². The maximum Gasteiger partial charge on any atom is 0.251 e. The summed E-state index contributed by atoms with van der Waals surface area (Å²) in [5, 5.41) is 3.11. The summed E-state index contributed by atoms with van der Waals surface area (Å²) >= 11 is 0. The Labute approximate surface area is 134 Å². The lowest BCUT2D eigenvalue weighted by Gasteiger charge is -2.25. The highest BCUT2D eigenvalue weighted by Crippen LogP contribution is 2.14. The molecular weight excluding hydrogens is 272 g/mol. The van der Waals surface area contributed by atoms with Crippen molar-refractivity contribution in [2.75, 3.05) is 20.1 Å². The Hall–Kier alpha value is -1.61. The zero-order valence-electron chi connectivity index (χ0n) is 14.1. The third-order valence-corrected chi connectivity index (χ3v) is 4.12. The molecule has 0 radical (unpaired) electrons. The third kappa shape index (κ3) is 4.99. The lowest BCUT2D eigenvalue weighted by Crippen LogP contribution is -2.35. The lowest BCUT2D eigenvalue weighted by molar-refractivity contribution is 0.0939. The summed E-state index contributed by atoms with van der Waals surface area (Å²) in [6.45, 7) is 6.40. The largest absolute Gasteiger partial charge is 0.349 e. The van der Waals surface area contributed by atoms with Gasteiger partial charge in [-0.05, 0) is 50.9 Å². The molecule has 0 saturated carbocycles. The smallest absolute Gasteiger partial charge is 0.251 e. The van der Waals surface area contributed by atoms with Gasteiger partial charge in [-0.1, -0.05) is 37.1 Å². The van der Waals surface area contributed by atoms with Gasteiger partial charge in [-0.3, -0.25) is 4.79 Å². The monoisotopic (exact) mass is 300 g/mol. The number of nitrogens with one attached hydrogen (secondary N) is 1. The van der Waals surface area contributed by atoms with Gasteiger partial charge in [0.1, 0.15) is 0 Å². The molecule has 0 aromatic heterocycles.